The van der Waals surface area contributed by atoms with Crippen molar-refractivity contribution in [3.05, 3.63) is 66.0 Å². The van der Waals surface area contributed by atoms with Gasteiger partial charge in [0.15, 0.2) is 0 Å². The minimum Gasteiger partial charge on any atom is -0.497 e. The minimum atomic E-state index is -0.232. The van der Waals surface area contributed by atoms with Crippen molar-refractivity contribution in [3.63, 3.8) is 0 Å². The lowest BCUT2D eigenvalue weighted by molar-refractivity contribution is 0.404. The summed E-state index contributed by atoms with van der Waals surface area (Å²) in [5, 5.41) is 9.30. The second kappa shape index (κ2) is 7.98. The topological polar surface area (TPSA) is 44.2 Å². The lowest BCUT2D eigenvalue weighted by atomic mass is 10.1. The number of nitrogens with zero attached hydrogens (tertiary/aromatic N) is 2. The zero-order valence-electron chi connectivity index (χ0n) is 13.9. The van der Waals surface area contributed by atoms with E-state index in [-0.39, 0.29) is 5.82 Å². The second-order valence-corrected chi connectivity index (χ2v) is 6.24. The number of benzene rings is 2. The molecule has 0 spiro atoms. The van der Waals surface area contributed by atoms with Crippen molar-refractivity contribution < 1.29 is 13.9 Å². The van der Waals surface area contributed by atoms with Crippen molar-refractivity contribution >= 4 is 11.8 Å². The zero-order chi connectivity index (χ0) is 17.6. The molecule has 2 aromatic carbocycles. The lowest BCUT2D eigenvalue weighted by Crippen LogP contribution is -1.94. The van der Waals surface area contributed by atoms with Gasteiger partial charge in [0.05, 0.1) is 19.9 Å². The molecule has 128 valence electrons. The molecular weight excluding hydrogens is 339 g/mol. The first kappa shape index (κ1) is 17.2. The number of thioether (sulfide) groups is 1. The van der Waals surface area contributed by atoms with Gasteiger partial charge in [-0.25, -0.2) is 4.39 Å². The third-order valence-corrected chi connectivity index (χ3v) is 4.59. The SMILES string of the molecule is COc1ccc(OC)c(-c2ccc(SCc3cccc(F)c3)nn2)c1. The molecule has 4 nitrogen and oxygen atoms in total. The van der Waals surface area contributed by atoms with Crippen molar-refractivity contribution in [2.45, 2.75) is 10.8 Å². The molecular formula is C19H17FN2O2S. The third kappa shape index (κ3) is 4.28. The van der Waals surface area contributed by atoms with Crippen LogP contribution < -0.4 is 9.47 Å². The van der Waals surface area contributed by atoms with Crippen LogP contribution in [0.4, 0.5) is 4.39 Å². The first-order valence-electron chi connectivity index (χ1n) is 7.63. The van der Waals surface area contributed by atoms with Crippen LogP contribution in [-0.4, -0.2) is 24.4 Å². The summed E-state index contributed by atoms with van der Waals surface area (Å²) in [6.45, 7) is 0. The molecule has 0 fully saturated rings. The number of halogens is 1. The van der Waals surface area contributed by atoms with E-state index in [1.807, 2.05) is 36.4 Å². The van der Waals surface area contributed by atoms with Crippen LogP contribution in [0.25, 0.3) is 11.3 Å². The Labute approximate surface area is 150 Å². The summed E-state index contributed by atoms with van der Waals surface area (Å²) in [5.74, 6) is 1.83. The standard InChI is InChI=1S/C19H17FN2O2S/c1-23-15-6-8-18(24-2)16(11-15)17-7-9-19(22-21-17)25-12-13-4-3-5-14(20)10-13/h3-11H,12H2,1-2H3. The van der Waals surface area contributed by atoms with Crippen molar-refractivity contribution in [2.75, 3.05) is 14.2 Å². The fraction of sp³-hybridized carbons (Fsp3) is 0.158. The maximum absolute atomic E-state index is 13.2. The van der Waals surface area contributed by atoms with Gasteiger partial charge in [0.1, 0.15) is 22.3 Å². The molecule has 0 aliphatic heterocycles. The van der Waals surface area contributed by atoms with Crippen LogP contribution in [0.15, 0.2) is 59.6 Å². The van der Waals surface area contributed by atoms with Gasteiger partial charge in [-0.05, 0) is 48.0 Å². The van der Waals surface area contributed by atoms with E-state index in [1.165, 1.54) is 23.9 Å². The number of rotatable bonds is 6. The van der Waals surface area contributed by atoms with E-state index in [1.54, 1.807) is 20.3 Å². The van der Waals surface area contributed by atoms with Gasteiger partial charge in [-0.3, -0.25) is 0 Å². The largest absolute Gasteiger partial charge is 0.497 e. The number of aromatic nitrogens is 2. The molecule has 0 aliphatic rings. The lowest BCUT2D eigenvalue weighted by Gasteiger charge is -2.10. The Bertz CT molecular complexity index is 856. The summed E-state index contributed by atoms with van der Waals surface area (Å²) in [7, 11) is 3.23. The summed E-state index contributed by atoms with van der Waals surface area (Å²) in [6, 6.07) is 15.9. The first-order chi connectivity index (χ1) is 12.2. The second-order valence-electron chi connectivity index (χ2n) is 5.24. The Morgan fingerprint density at radius 3 is 2.52 bits per heavy atom. The van der Waals surface area contributed by atoms with Gasteiger partial charge in [0, 0.05) is 11.3 Å². The first-order valence-corrected chi connectivity index (χ1v) is 8.61. The van der Waals surface area contributed by atoms with Crippen LogP contribution in [0.2, 0.25) is 0 Å². The van der Waals surface area contributed by atoms with Crippen LogP contribution in [0.5, 0.6) is 11.5 Å². The smallest absolute Gasteiger partial charge is 0.128 e. The molecule has 0 unspecified atom stereocenters. The molecule has 1 heterocycles. The molecule has 1 aromatic heterocycles. The highest BCUT2D eigenvalue weighted by Crippen LogP contribution is 2.32. The molecule has 25 heavy (non-hydrogen) atoms. The predicted octanol–water partition coefficient (Wildman–Crippen LogP) is 4.59. The molecule has 0 radical (unpaired) electrons. The summed E-state index contributed by atoms with van der Waals surface area (Å²) in [5.41, 5.74) is 2.42. The Hall–Kier alpha value is -2.60. The molecule has 0 bridgehead atoms. The average molecular weight is 356 g/mol. The number of hydrogen-bond acceptors (Lipinski definition) is 5. The zero-order valence-corrected chi connectivity index (χ0v) is 14.7. The van der Waals surface area contributed by atoms with Crippen LogP contribution in [0.1, 0.15) is 5.56 Å². The van der Waals surface area contributed by atoms with Crippen molar-refractivity contribution in [1.82, 2.24) is 10.2 Å². The van der Waals surface area contributed by atoms with Gasteiger partial charge in [-0.1, -0.05) is 23.9 Å². The Balaban J connectivity index is 1.76. The molecule has 0 saturated heterocycles. The fourth-order valence-electron chi connectivity index (χ4n) is 2.34. The van der Waals surface area contributed by atoms with Crippen molar-refractivity contribution in [2.24, 2.45) is 0 Å². The van der Waals surface area contributed by atoms with Gasteiger partial charge in [-0.2, -0.15) is 0 Å². The van der Waals surface area contributed by atoms with Gasteiger partial charge >= 0.3 is 0 Å². The third-order valence-electron chi connectivity index (χ3n) is 3.60. The van der Waals surface area contributed by atoms with E-state index in [0.717, 1.165) is 21.9 Å². The van der Waals surface area contributed by atoms with Crippen LogP contribution in [0, 0.1) is 5.82 Å². The predicted molar refractivity (Wildman–Crippen MR) is 96.5 cm³/mol. The quantitative estimate of drug-likeness (QED) is 0.604. The Kier molecular flexibility index (Phi) is 5.50. The summed E-state index contributed by atoms with van der Waals surface area (Å²) >= 11 is 1.51. The van der Waals surface area contributed by atoms with E-state index >= 15 is 0 Å². The highest BCUT2D eigenvalue weighted by molar-refractivity contribution is 7.98. The Morgan fingerprint density at radius 2 is 1.84 bits per heavy atom. The summed E-state index contributed by atoms with van der Waals surface area (Å²) in [6.07, 6.45) is 0. The number of ether oxygens (including phenoxy) is 2. The molecule has 0 N–H and O–H groups in total. The monoisotopic (exact) mass is 356 g/mol. The summed E-state index contributed by atoms with van der Waals surface area (Å²) in [4.78, 5) is 0. The molecule has 0 saturated carbocycles. The van der Waals surface area contributed by atoms with Gasteiger partial charge in [0.2, 0.25) is 0 Å². The molecule has 6 heteroatoms. The van der Waals surface area contributed by atoms with Crippen molar-refractivity contribution in [3.8, 4) is 22.8 Å². The molecule has 0 aliphatic carbocycles. The van der Waals surface area contributed by atoms with Crippen LogP contribution in [-0.2, 0) is 5.75 Å². The van der Waals surface area contributed by atoms with E-state index in [0.29, 0.717) is 17.2 Å². The fourth-order valence-corrected chi connectivity index (χ4v) is 3.10. The average Bonchev–Trinajstić information content (AvgIpc) is 2.66. The minimum absolute atomic E-state index is 0.232. The van der Waals surface area contributed by atoms with Gasteiger partial charge in [0.25, 0.3) is 0 Å². The van der Waals surface area contributed by atoms with E-state index in [2.05, 4.69) is 10.2 Å². The number of hydrogen-bond donors (Lipinski definition) is 0. The highest BCUT2D eigenvalue weighted by atomic mass is 32.2. The molecule has 0 amide bonds. The molecule has 0 atom stereocenters. The normalized spacial score (nSPS) is 10.5. The van der Waals surface area contributed by atoms with Gasteiger partial charge in [-0.15, -0.1) is 10.2 Å². The van der Waals surface area contributed by atoms with Crippen LogP contribution >= 0.6 is 11.8 Å². The maximum atomic E-state index is 13.2. The maximum Gasteiger partial charge on any atom is 0.128 e. The molecule has 3 aromatic rings. The van der Waals surface area contributed by atoms with Crippen LogP contribution in [0.3, 0.4) is 0 Å². The number of methoxy groups -OCH3 is 2. The van der Waals surface area contributed by atoms with E-state index in [4.69, 9.17) is 9.47 Å². The van der Waals surface area contributed by atoms with E-state index < -0.39 is 0 Å². The summed E-state index contributed by atoms with van der Waals surface area (Å²) < 4.78 is 23.8. The van der Waals surface area contributed by atoms with Crippen molar-refractivity contribution in [1.29, 1.82) is 0 Å². The Morgan fingerprint density at radius 1 is 0.960 bits per heavy atom. The van der Waals surface area contributed by atoms with Gasteiger partial charge < -0.3 is 9.47 Å². The van der Waals surface area contributed by atoms with E-state index in [9.17, 15) is 4.39 Å². The highest BCUT2D eigenvalue weighted by Gasteiger charge is 2.10. The molecule has 3 rings (SSSR count).